The second-order valence-corrected chi connectivity index (χ2v) is 7.35. The molecule has 5 nitrogen and oxygen atoms in total. The minimum absolute atomic E-state index is 0.134. The fourth-order valence-corrected chi connectivity index (χ4v) is 2.76. The van der Waals surface area contributed by atoms with Crippen LogP contribution in [0, 0.1) is 21.0 Å². The number of anilines is 2. The van der Waals surface area contributed by atoms with Gasteiger partial charge in [-0.3, -0.25) is 9.63 Å². The smallest absolute Gasteiger partial charge is 0.277 e. The molecular formula is C16H13BrF3IN2O3. The molecule has 1 atom stereocenters. The van der Waals surface area contributed by atoms with Gasteiger partial charge < -0.3 is 10.4 Å². The molecule has 0 aliphatic rings. The molecule has 0 heterocycles. The first-order valence-corrected chi connectivity index (χ1v) is 9.07. The summed E-state index contributed by atoms with van der Waals surface area (Å²) in [6.07, 6.45) is -0.842. The highest BCUT2D eigenvalue weighted by atomic mass is 127. The van der Waals surface area contributed by atoms with E-state index in [1.807, 2.05) is 28.1 Å². The van der Waals surface area contributed by atoms with Crippen molar-refractivity contribution in [3.8, 4) is 0 Å². The van der Waals surface area contributed by atoms with Gasteiger partial charge in [0.15, 0.2) is 11.6 Å². The lowest BCUT2D eigenvalue weighted by molar-refractivity contribution is -0.00684. The molecule has 10 heteroatoms. The van der Waals surface area contributed by atoms with Gasteiger partial charge in [0.1, 0.15) is 12.4 Å². The molecule has 2 aromatic carbocycles. The minimum Gasteiger partial charge on any atom is -0.391 e. The van der Waals surface area contributed by atoms with E-state index in [2.05, 4.69) is 21.2 Å². The Morgan fingerprint density at radius 3 is 2.62 bits per heavy atom. The van der Waals surface area contributed by atoms with Gasteiger partial charge in [0.25, 0.3) is 5.91 Å². The van der Waals surface area contributed by atoms with Crippen LogP contribution in [-0.4, -0.2) is 23.7 Å². The number of carbonyl (C=O) groups is 1. The lowest BCUT2D eigenvalue weighted by atomic mass is 10.1. The first kappa shape index (κ1) is 20.9. The van der Waals surface area contributed by atoms with Crippen molar-refractivity contribution in [1.29, 1.82) is 0 Å². The highest BCUT2D eigenvalue weighted by molar-refractivity contribution is 14.1. The molecule has 0 bridgehead atoms. The second kappa shape index (κ2) is 9.02. The lowest BCUT2D eigenvalue weighted by Crippen LogP contribution is -2.28. The molecule has 0 saturated carbocycles. The van der Waals surface area contributed by atoms with Crippen molar-refractivity contribution in [2.24, 2.45) is 0 Å². The van der Waals surface area contributed by atoms with Crippen LogP contribution < -0.4 is 10.8 Å². The minimum atomic E-state index is -1.36. The van der Waals surface area contributed by atoms with Crippen molar-refractivity contribution in [3.05, 3.63) is 55.3 Å². The number of hydrogen-bond acceptors (Lipinski definition) is 4. The average Bonchev–Trinajstić information content (AvgIpc) is 2.56. The molecule has 0 spiro atoms. The summed E-state index contributed by atoms with van der Waals surface area (Å²) in [4.78, 5) is 17.0. The molecule has 2 aromatic rings. The van der Waals surface area contributed by atoms with Crippen LogP contribution >= 0.6 is 38.5 Å². The van der Waals surface area contributed by atoms with E-state index in [1.54, 1.807) is 6.07 Å². The van der Waals surface area contributed by atoms with Crippen molar-refractivity contribution >= 4 is 55.8 Å². The van der Waals surface area contributed by atoms with Crippen molar-refractivity contribution in [2.45, 2.75) is 13.0 Å². The first-order chi connectivity index (χ1) is 12.2. The van der Waals surface area contributed by atoms with Crippen LogP contribution in [0.1, 0.15) is 17.3 Å². The summed E-state index contributed by atoms with van der Waals surface area (Å²) in [5.74, 6) is -4.20. The molecule has 26 heavy (non-hydrogen) atoms. The zero-order valence-electron chi connectivity index (χ0n) is 13.2. The van der Waals surface area contributed by atoms with Crippen molar-refractivity contribution in [2.75, 3.05) is 11.9 Å². The third-order valence-corrected chi connectivity index (χ3v) is 4.34. The number of hydrogen-bond donors (Lipinski definition) is 3. The fourth-order valence-electron chi connectivity index (χ4n) is 1.90. The predicted molar refractivity (Wildman–Crippen MR) is 102 cm³/mol. The monoisotopic (exact) mass is 544 g/mol. The molecule has 0 aliphatic heterocycles. The third-order valence-electron chi connectivity index (χ3n) is 3.09. The van der Waals surface area contributed by atoms with Gasteiger partial charge in [-0.05, 0) is 69.7 Å². The summed E-state index contributed by atoms with van der Waals surface area (Å²) < 4.78 is 42.6. The summed E-state index contributed by atoms with van der Waals surface area (Å²) in [5, 5.41) is 11.5. The Morgan fingerprint density at radius 1 is 1.31 bits per heavy atom. The first-order valence-electron chi connectivity index (χ1n) is 7.20. The SMILES string of the molecule is CC(O)CONC(=O)c1cc(Br)c(F)c(F)c1Nc1ccc(I)cc1F. The molecule has 0 radical (unpaired) electrons. The van der Waals surface area contributed by atoms with Crippen LogP contribution in [0.2, 0.25) is 0 Å². The van der Waals surface area contributed by atoms with Crippen LogP contribution in [0.4, 0.5) is 24.5 Å². The van der Waals surface area contributed by atoms with Gasteiger partial charge in [0.2, 0.25) is 0 Å². The van der Waals surface area contributed by atoms with E-state index < -0.39 is 35.2 Å². The topological polar surface area (TPSA) is 70.6 Å². The number of hydroxylamine groups is 1. The highest BCUT2D eigenvalue weighted by Crippen LogP contribution is 2.32. The van der Waals surface area contributed by atoms with Gasteiger partial charge in [-0.15, -0.1) is 0 Å². The molecular weight excluding hydrogens is 532 g/mol. The second-order valence-electron chi connectivity index (χ2n) is 5.25. The molecule has 1 amide bonds. The standard InChI is InChI=1S/C16H13BrF3IN2O3/c1-7(24)6-26-23-16(25)9-5-10(17)13(19)14(20)15(9)22-12-3-2-8(21)4-11(12)18/h2-5,7,22,24H,6H2,1H3,(H,23,25). The Labute approximate surface area is 169 Å². The molecule has 0 aliphatic carbocycles. The summed E-state index contributed by atoms with van der Waals surface area (Å²) in [6, 6.07) is 5.13. The van der Waals surface area contributed by atoms with E-state index in [0.717, 1.165) is 6.07 Å². The molecule has 140 valence electrons. The highest BCUT2D eigenvalue weighted by Gasteiger charge is 2.23. The summed E-state index contributed by atoms with van der Waals surface area (Å²) >= 11 is 4.72. The maximum atomic E-state index is 14.4. The number of rotatable bonds is 6. The van der Waals surface area contributed by atoms with Gasteiger partial charge in [-0.25, -0.2) is 18.7 Å². The Hall–Kier alpha value is -1.37. The Balaban J connectivity index is 2.39. The van der Waals surface area contributed by atoms with Gasteiger partial charge in [0, 0.05) is 3.57 Å². The molecule has 0 saturated heterocycles. The number of aliphatic hydroxyl groups is 1. The van der Waals surface area contributed by atoms with E-state index >= 15 is 0 Å². The number of aliphatic hydroxyl groups excluding tert-OH is 1. The van der Waals surface area contributed by atoms with E-state index in [0.29, 0.717) is 3.57 Å². The number of benzene rings is 2. The zero-order chi connectivity index (χ0) is 19.4. The van der Waals surface area contributed by atoms with Gasteiger partial charge >= 0.3 is 0 Å². The molecule has 2 rings (SSSR count). The number of nitrogens with one attached hydrogen (secondary N) is 2. The van der Waals surface area contributed by atoms with Gasteiger partial charge in [0.05, 0.1) is 27.5 Å². The molecule has 3 N–H and O–H groups in total. The number of amides is 1. The van der Waals surface area contributed by atoms with Crippen LogP contribution in [0.3, 0.4) is 0 Å². The largest absolute Gasteiger partial charge is 0.391 e. The summed E-state index contributed by atoms with van der Waals surface area (Å²) in [5.41, 5.74) is 1.00. The Bertz CT molecular complexity index is 837. The molecule has 0 aromatic heterocycles. The van der Waals surface area contributed by atoms with E-state index in [9.17, 15) is 18.0 Å². The summed E-state index contributed by atoms with van der Waals surface area (Å²) in [7, 11) is 0. The van der Waals surface area contributed by atoms with Crippen LogP contribution in [0.15, 0.2) is 28.7 Å². The number of carbonyl (C=O) groups excluding carboxylic acids is 1. The van der Waals surface area contributed by atoms with Crippen molar-refractivity contribution < 1.29 is 27.9 Å². The van der Waals surface area contributed by atoms with E-state index in [1.165, 1.54) is 19.1 Å². The lowest BCUT2D eigenvalue weighted by Gasteiger charge is -2.15. The Morgan fingerprint density at radius 2 is 2.00 bits per heavy atom. The van der Waals surface area contributed by atoms with Crippen LogP contribution in [-0.2, 0) is 4.84 Å². The van der Waals surface area contributed by atoms with Gasteiger partial charge in [-0.2, -0.15) is 0 Å². The van der Waals surface area contributed by atoms with Crippen LogP contribution in [0.25, 0.3) is 0 Å². The quantitative estimate of drug-likeness (QED) is 0.289. The van der Waals surface area contributed by atoms with E-state index in [4.69, 9.17) is 9.94 Å². The maximum Gasteiger partial charge on any atom is 0.277 e. The normalized spacial score (nSPS) is 12.0. The molecule has 0 fully saturated rings. The molecule has 1 unspecified atom stereocenters. The van der Waals surface area contributed by atoms with Crippen molar-refractivity contribution in [1.82, 2.24) is 5.48 Å². The predicted octanol–water partition coefficient (Wildman–Crippen LogP) is 4.26. The Kier molecular flexibility index (Phi) is 7.26. The van der Waals surface area contributed by atoms with E-state index in [-0.39, 0.29) is 22.3 Å². The maximum absolute atomic E-state index is 14.4. The zero-order valence-corrected chi connectivity index (χ0v) is 17.0. The summed E-state index contributed by atoms with van der Waals surface area (Å²) in [6.45, 7) is 1.23. The van der Waals surface area contributed by atoms with Crippen LogP contribution in [0.5, 0.6) is 0 Å². The average molecular weight is 545 g/mol. The fraction of sp³-hybridized carbons (Fsp3) is 0.188. The van der Waals surface area contributed by atoms with Gasteiger partial charge in [-0.1, -0.05) is 0 Å². The number of halogens is 5. The third kappa shape index (κ3) is 5.09. The van der Waals surface area contributed by atoms with Crippen molar-refractivity contribution in [3.63, 3.8) is 0 Å².